The van der Waals surface area contributed by atoms with E-state index in [9.17, 15) is 4.79 Å². The summed E-state index contributed by atoms with van der Waals surface area (Å²) in [4.78, 5) is 11.4. The van der Waals surface area contributed by atoms with Crippen molar-refractivity contribution >= 4 is 41.1 Å². The normalized spacial score (nSPS) is 10.0. The van der Waals surface area contributed by atoms with Crippen molar-refractivity contribution in [3.8, 4) is 6.07 Å². The maximum atomic E-state index is 10.6. The van der Waals surface area contributed by atoms with Crippen molar-refractivity contribution in [3.63, 3.8) is 0 Å². The molecule has 0 atom stereocenters. The number of benzene rings is 1. The molecule has 0 saturated carbocycles. The molecule has 7 heteroatoms. The van der Waals surface area contributed by atoms with E-state index in [4.69, 9.17) is 5.26 Å². The SMILES string of the molecule is CSc1nnc(Sc2ccc(C=O)cc2C#N)s1. The Morgan fingerprint density at radius 1 is 1.39 bits per heavy atom. The lowest BCUT2D eigenvalue weighted by Gasteiger charge is -2.00. The van der Waals surface area contributed by atoms with Crippen LogP contribution in [0.1, 0.15) is 15.9 Å². The highest BCUT2D eigenvalue weighted by Gasteiger charge is 2.09. The van der Waals surface area contributed by atoms with Crippen LogP contribution in [0.25, 0.3) is 0 Å². The third-order valence-corrected chi connectivity index (χ3v) is 5.05. The molecule has 90 valence electrons. The number of nitriles is 1. The van der Waals surface area contributed by atoms with E-state index in [1.54, 1.807) is 18.2 Å². The zero-order chi connectivity index (χ0) is 13.0. The molecule has 1 aromatic heterocycles. The van der Waals surface area contributed by atoms with Gasteiger partial charge in [0.25, 0.3) is 0 Å². The van der Waals surface area contributed by atoms with E-state index in [-0.39, 0.29) is 0 Å². The van der Waals surface area contributed by atoms with E-state index in [2.05, 4.69) is 16.3 Å². The molecule has 0 radical (unpaired) electrons. The van der Waals surface area contributed by atoms with Crippen LogP contribution in [0.2, 0.25) is 0 Å². The van der Waals surface area contributed by atoms with E-state index >= 15 is 0 Å². The Hall–Kier alpha value is -1.36. The Morgan fingerprint density at radius 2 is 2.17 bits per heavy atom. The number of aromatic nitrogens is 2. The molecule has 0 aliphatic rings. The van der Waals surface area contributed by atoms with Gasteiger partial charge in [-0.3, -0.25) is 4.79 Å². The van der Waals surface area contributed by atoms with Gasteiger partial charge < -0.3 is 0 Å². The van der Waals surface area contributed by atoms with E-state index < -0.39 is 0 Å². The Bertz CT molecular complexity index is 618. The van der Waals surface area contributed by atoms with E-state index in [1.807, 2.05) is 6.26 Å². The molecule has 0 spiro atoms. The number of carbonyl (C=O) groups is 1. The molecule has 18 heavy (non-hydrogen) atoms. The van der Waals surface area contributed by atoms with Gasteiger partial charge in [0.05, 0.1) is 5.56 Å². The second kappa shape index (κ2) is 6.00. The van der Waals surface area contributed by atoms with Crippen molar-refractivity contribution in [2.45, 2.75) is 13.6 Å². The van der Waals surface area contributed by atoms with Crippen molar-refractivity contribution in [2.75, 3.05) is 6.26 Å². The number of carbonyl (C=O) groups excluding carboxylic acids is 1. The maximum Gasteiger partial charge on any atom is 0.179 e. The summed E-state index contributed by atoms with van der Waals surface area (Å²) in [7, 11) is 0. The molecule has 0 amide bonds. The van der Waals surface area contributed by atoms with Crippen molar-refractivity contribution in [1.29, 1.82) is 5.26 Å². The van der Waals surface area contributed by atoms with Gasteiger partial charge in [0.2, 0.25) is 0 Å². The summed E-state index contributed by atoms with van der Waals surface area (Å²) in [6.07, 6.45) is 2.67. The van der Waals surface area contributed by atoms with E-state index in [0.717, 1.165) is 19.9 Å². The van der Waals surface area contributed by atoms with E-state index in [0.29, 0.717) is 11.1 Å². The number of hydrogen-bond donors (Lipinski definition) is 0. The van der Waals surface area contributed by atoms with Gasteiger partial charge in [0, 0.05) is 10.5 Å². The first-order chi connectivity index (χ1) is 8.76. The van der Waals surface area contributed by atoms with Crippen LogP contribution < -0.4 is 0 Å². The number of hydrogen-bond acceptors (Lipinski definition) is 7. The summed E-state index contributed by atoms with van der Waals surface area (Å²) >= 11 is 4.41. The first kappa shape index (κ1) is 13.1. The fourth-order valence-electron chi connectivity index (χ4n) is 1.21. The molecule has 0 fully saturated rings. The second-order valence-corrected chi connectivity index (χ2v) is 6.45. The highest BCUT2D eigenvalue weighted by atomic mass is 32.2. The molecule has 0 aliphatic carbocycles. The topological polar surface area (TPSA) is 66.6 Å². The zero-order valence-electron chi connectivity index (χ0n) is 9.28. The Kier molecular flexibility index (Phi) is 4.36. The molecule has 1 aromatic carbocycles. The Balaban J connectivity index is 2.28. The van der Waals surface area contributed by atoms with Crippen molar-refractivity contribution in [3.05, 3.63) is 29.3 Å². The molecular weight excluding hydrogens is 286 g/mol. The molecular formula is C11H7N3OS3. The maximum absolute atomic E-state index is 10.6. The van der Waals surface area contributed by atoms with Crippen molar-refractivity contribution in [1.82, 2.24) is 10.2 Å². The number of aldehydes is 1. The quantitative estimate of drug-likeness (QED) is 0.637. The lowest BCUT2D eigenvalue weighted by atomic mass is 10.1. The van der Waals surface area contributed by atoms with Crippen LogP contribution in [0.4, 0.5) is 0 Å². The number of nitrogens with zero attached hydrogens (tertiary/aromatic N) is 3. The summed E-state index contributed by atoms with van der Waals surface area (Å²) in [6, 6.07) is 7.10. The van der Waals surface area contributed by atoms with Gasteiger partial charge in [-0.1, -0.05) is 40.9 Å². The number of rotatable bonds is 4. The zero-order valence-corrected chi connectivity index (χ0v) is 11.7. The van der Waals surface area contributed by atoms with Gasteiger partial charge in [0.15, 0.2) is 8.68 Å². The van der Waals surface area contributed by atoms with Crippen molar-refractivity contribution in [2.24, 2.45) is 0 Å². The summed E-state index contributed by atoms with van der Waals surface area (Å²) < 4.78 is 1.68. The Labute approximate surface area is 116 Å². The number of thioether (sulfide) groups is 1. The molecule has 0 bridgehead atoms. The van der Waals surface area contributed by atoms with Crippen molar-refractivity contribution < 1.29 is 4.79 Å². The van der Waals surface area contributed by atoms with Crippen LogP contribution in [0, 0.1) is 11.3 Å². The summed E-state index contributed by atoms with van der Waals surface area (Å²) in [5.41, 5.74) is 0.975. The molecule has 1 heterocycles. The van der Waals surface area contributed by atoms with Gasteiger partial charge in [0.1, 0.15) is 12.4 Å². The molecule has 2 aromatic rings. The van der Waals surface area contributed by atoms with Gasteiger partial charge >= 0.3 is 0 Å². The minimum atomic E-state index is 0.477. The third kappa shape index (κ3) is 2.90. The van der Waals surface area contributed by atoms with Crippen LogP contribution in [0.5, 0.6) is 0 Å². The van der Waals surface area contributed by atoms with Crippen LogP contribution in [-0.2, 0) is 0 Å². The summed E-state index contributed by atoms with van der Waals surface area (Å²) in [5, 5.41) is 17.1. The molecule has 4 nitrogen and oxygen atoms in total. The van der Waals surface area contributed by atoms with Gasteiger partial charge in [-0.2, -0.15) is 5.26 Å². The molecule has 0 aliphatic heterocycles. The van der Waals surface area contributed by atoms with Crippen LogP contribution in [-0.4, -0.2) is 22.7 Å². The first-order valence-corrected chi connectivity index (χ1v) is 7.67. The van der Waals surface area contributed by atoms with E-state index in [1.165, 1.54) is 34.9 Å². The smallest absolute Gasteiger partial charge is 0.179 e. The van der Waals surface area contributed by atoms with Gasteiger partial charge in [-0.25, -0.2) is 0 Å². The van der Waals surface area contributed by atoms with Crippen LogP contribution >= 0.6 is 34.9 Å². The third-order valence-electron chi connectivity index (χ3n) is 2.02. The summed E-state index contributed by atoms with van der Waals surface area (Å²) in [6.45, 7) is 0. The highest BCUT2D eigenvalue weighted by Crippen LogP contribution is 2.34. The fourth-order valence-corrected chi connectivity index (χ4v) is 3.67. The summed E-state index contributed by atoms with van der Waals surface area (Å²) in [5.74, 6) is 0. The average Bonchev–Trinajstić information content (AvgIpc) is 2.87. The Morgan fingerprint density at radius 3 is 2.78 bits per heavy atom. The molecule has 0 unspecified atom stereocenters. The molecule has 0 N–H and O–H groups in total. The minimum Gasteiger partial charge on any atom is -0.298 e. The predicted octanol–water partition coefficient (Wildman–Crippen LogP) is 3.10. The largest absolute Gasteiger partial charge is 0.298 e. The van der Waals surface area contributed by atoms with Crippen LogP contribution in [0.15, 0.2) is 31.8 Å². The predicted molar refractivity (Wildman–Crippen MR) is 72.4 cm³/mol. The lowest BCUT2D eigenvalue weighted by molar-refractivity contribution is 0.112. The fraction of sp³-hybridized carbons (Fsp3) is 0.0909. The highest BCUT2D eigenvalue weighted by molar-refractivity contribution is 8.03. The lowest BCUT2D eigenvalue weighted by Crippen LogP contribution is -1.86. The minimum absolute atomic E-state index is 0.477. The van der Waals surface area contributed by atoms with Crippen LogP contribution in [0.3, 0.4) is 0 Å². The molecule has 0 saturated heterocycles. The van der Waals surface area contributed by atoms with Gasteiger partial charge in [-0.05, 0) is 18.4 Å². The average molecular weight is 293 g/mol. The standard InChI is InChI=1S/C11H7N3OS3/c1-16-10-13-14-11(18-10)17-9-3-2-7(6-15)4-8(9)5-12/h2-4,6H,1H3. The monoisotopic (exact) mass is 293 g/mol. The second-order valence-electron chi connectivity index (χ2n) is 3.13. The molecule has 2 rings (SSSR count). The van der Waals surface area contributed by atoms with Gasteiger partial charge in [-0.15, -0.1) is 10.2 Å². The first-order valence-electron chi connectivity index (χ1n) is 4.81.